The number of hydrogen-bond acceptors (Lipinski definition) is 9. The molecule has 0 radical (unpaired) electrons. The smallest absolute Gasteiger partial charge is 0.251 e. The van der Waals surface area contributed by atoms with Crippen LogP contribution < -0.4 is 20.1 Å². The Bertz CT molecular complexity index is 1280. The minimum absolute atomic E-state index is 0.116. The second kappa shape index (κ2) is 10.7. The van der Waals surface area contributed by atoms with Gasteiger partial charge in [0.25, 0.3) is 5.91 Å². The molecule has 1 unspecified atom stereocenters. The fourth-order valence-electron chi connectivity index (χ4n) is 4.73. The molecule has 37 heavy (non-hydrogen) atoms. The Morgan fingerprint density at radius 3 is 2.70 bits per heavy atom. The van der Waals surface area contributed by atoms with Crippen molar-refractivity contribution in [2.45, 2.75) is 31.7 Å². The number of piperidine rings is 1. The molecule has 0 spiro atoms. The fourth-order valence-corrected chi connectivity index (χ4v) is 4.73. The van der Waals surface area contributed by atoms with Crippen LogP contribution in [0.4, 0.5) is 11.6 Å². The highest BCUT2D eigenvalue weighted by atomic mass is 16.5. The molecule has 5 rings (SSSR count). The van der Waals surface area contributed by atoms with E-state index in [0.29, 0.717) is 41.1 Å². The summed E-state index contributed by atoms with van der Waals surface area (Å²) < 4.78 is 11.6. The number of aliphatic hydroxyl groups excluding tert-OH is 1. The van der Waals surface area contributed by atoms with Crippen LogP contribution in [-0.2, 0) is 6.54 Å². The van der Waals surface area contributed by atoms with E-state index >= 15 is 0 Å². The van der Waals surface area contributed by atoms with Gasteiger partial charge in [0.15, 0.2) is 0 Å². The lowest BCUT2D eigenvalue weighted by molar-refractivity contribution is 0.0325. The number of methoxy groups -OCH3 is 1. The third-order valence-electron chi connectivity index (χ3n) is 6.86. The van der Waals surface area contributed by atoms with Crippen LogP contribution >= 0.6 is 0 Å². The summed E-state index contributed by atoms with van der Waals surface area (Å²) in [6.45, 7) is 2.60. The summed E-state index contributed by atoms with van der Waals surface area (Å²) in [5.41, 5.74) is 2.91. The summed E-state index contributed by atoms with van der Waals surface area (Å²) in [7, 11) is 5.51. The van der Waals surface area contributed by atoms with E-state index in [-0.39, 0.29) is 11.9 Å². The summed E-state index contributed by atoms with van der Waals surface area (Å²) in [6.07, 6.45) is 2.74. The SMILES string of the molecule is COc1cc(C(=O)NC2CCN(C)CC2)ccc1Nc1nccc(Oc2cccc3c2C(O)N(C)C3)n1. The number of benzene rings is 2. The lowest BCUT2D eigenvalue weighted by atomic mass is 10.0. The maximum atomic E-state index is 12.8. The number of hydrogen-bond donors (Lipinski definition) is 3. The fraction of sp³-hybridized carbons (Fsp3) is 0.370. The Kier molecular flexibility index (Phi) is 7.22. The number of rotatable bonds is 7. The van der Waals surface area contributed by atoms with Gasteiger partial charge in [-0.15, -0.1) is 0 Å². The number of nitrogens with one attached hydrogen (secondary N) is 2. The maximum Gasteiger partial charge on any atom is 0.251 e. The van der Waals surface area contributed by atoms with Gasteiger partial charge in [0, 0.05) is 36.0 Å². The average molecular weight is 505 g/mol. The molecule has 0 aliphatic carbocycles. The molecule has 0 saturated carbocycles. The number of likely N-dealkylation sites (tertiary alicyclic amines) is 1. The third kappa shape index (κ3) is 5.51. The summed E-state index contributed by atoms with van der Waals surface area (Å²) in [5, 5.41) is 16.8. The molecule has 3 N–H and O–H groups in total. The van der Waals surface area contributed by atoms with Crippen LogP contribution in [0, 0.1) is 0 Å². The van der Waals surface area contributed by atoms with Crippen LogP contribution in [0.1, 0.15) is 40.6 Å². The van der Waals surface area contributed by atoms with Crippen molar-refractivity contribution in [3.8, 4) is 17.4 Å². The van der Waals surface area contributed by atoms with Crippen molar-refractivity contribution in [2.75, 3.05) is 39.6 Å². The summed E-state index contributed by atoms with van der Waals surface area (Å²) in [4.78, 5) is 25.7. The molecule has 3 aromatic rings. The van der Waals surface area contributed by atoms with E-state index in [1.165, 1.54) is 0 Å². The van der Waals surface area contributed by atoms with E-state index in [1.807, 2.05) is 30.1 Å². The van der Waals surface area contributed by atoms with E-state index in [9.17, 15) is 9.90 Å². The van der Waals surface area contributed by atoms with Gasteiger partial charge in [-0.25, -0.2) is 4.98 Å². The monoisotopic (exact) mass is 504 g/mol. The summed E-state index contributed by atoms with van der Waals surface area (Å²) in [6, 6.07) is 12.8. The number of carbonyl (C=O) groups excluding carboxylic acids is 1. The molecule has 1 aromatic heterocycles. The largest absolute Gasteiger partial charge is 0.495 e. The third-order valence-corrected chi connectivity index (χ3v) is 6.86. The molecule has 10 heteroatoms. The number of ether oxygens (including phenoxy) is 2. The maximum absolute atomic E-state index is 12.8. The Morgan fingerprint density at radius 2 is 1.92 bits per heavy atom. The second-order valence-electron chi connectivity index (χ2n) is 9.53. The molecular weight excluding hydrogens is 472 g/mol. The summed E-state index contributed by atoms with van der Waals surface area (Å²) >= 11 is 0. The first-order valence-electron chi connectivity index (χ1n) is 12.4. The van der Waals surface area contributed by atoms with Crippen molar-refractivity contribution >= 4 is 17.5 Å². The average Bonchev–Trinajstić information content (AvgIpc) is 3.19. The number of aliphatic hydroxyl groups is 1. The van der Waals surface area contributed by atoms with Crippen LogP contribution in [0.5, 0.6) is 17.4 Å². The van der Waals surface area contributed by atoms with Gasteiger partial charge in [-0.1, -0.05) is 12.1 Å². The van der Waals surface area contributed by atoms with Crippen molar-refractivity contribution in [1.82, 2.24) is 25.1 Å². The quantitative estimate of drug-likeness (QED) is 0.446. The Labute approximate surface area is 216 Å². The molecule has 1 atom stereocenters. The van der Waals surface area contributed by atoms with Crippen LogP contribution in [0.3, 0.4) is 0 Å². The highest BCUT2D eigenvalue weighted by Crippen LogP contribution is 2.39. The van der Waals surface area contributed by atoms with Gasteiger partial charge in [-0.3, -0.25) is 9.69 Å². The zero-order chi connectivity index (χ0) is 25.9. The molecule has 2 aliphatic rings. The van der Waals surface area contributed by atoms with E-state index in [1.54, 1.807) is 37.6 Å². The molecule has 0 bridgehead atoms. The van der Waals surface area contributed by atoms with Crippen molar-refractivity contribution in [3.63, 3.8) is 0 Å². The zero-order valence-corrected chi connectivity index (χ0v) is 21.3. The topological polar surface area (TPSA) is 112 Å². The number of amides is 1. The van der Waals surface area contributed by atoms with Gasteiger partial charge in [0.2, 0.25) is 11.8 Å². The van der Waals surface area contributed by atoms with Crippen molar-refractivity contribution in [1.29, 1.82) is 0 Å². The molecule has 1 amide bonds. The van der Waals surface area contributed by atoms with Crippen molar-refractivity contribution in [2.24, 2.45) is 0 Å². The van der Waals surface area contributed by atoms with Crippen molar-refractivity contribution < 1.29 is 19.4 Å². The van der Waals surface area contributed by atoms with E-state index in [4.69, 9.17) is 9.47 Å². The molecule has 10 nitrogen and oxygen atoms in total. The lowest BCUT2D eigenvalue weighted by Gasteiger charge is -2.29. The molecule has 1 saturated heterocycles. The molecule has 2 aliphatic heterocycles. The van der Waals surface area contributed by atoms with Gasteiger partial charge in [-0.05, 0) is 69.9 Å². The minimum atomic E-state index is -0.731. The first kappa shape index (κ1) is 24.9. The Hall–Kier alpha value is -3.73. The number of fused-ring (bicyclic) bond motifs is 1. The molecular formula is C27H32N6O4. The van der Waals surface area contributed by atoms with E-state index < -0.39 is 6.23 Å². The first-order chi connectivity index (χ1) is 17.9. The second-order valence-corrected chi connectivity index (χ2v) is 9.53. The molecule has 1 fully saturated rings. The minimum Gasteiger partial charge on any atom is -0.495 e. The lowest BCUT2D eigenvalue weighted by Crippen LogP contribution is -2.43. The normalized spacial score (nSPS) is 18.3. The molecule has 3 heterocycles. The Balaban J connectivity index is 1.29. The van der Waals surface area contributed by atoms with Crippen molar-refractivity contribution in [3.05, 3.63) is 65.4 Å². The standard InChI is InChI=1S/C27H32N6O4/c1-32-13-10-19(11-14-32)29-25(34)17-7-8-20(22(15-17)36-3)30-27-28-12-9-23(31-27)37-21-6-4-5-18-16-33(2)26(35)24(18)21/h4-9,12,15,19,26,35H,10-11,13-14,16H2,1-3H3,(H,29,34)(H,28,30,31). The first-order valence-corrected chi connectivity index (χ1v) is 12.4. The van der Waals surface area contributed by atoms with Crippen LogP contribution in [-0.4, -0.2) is 71.1 Å². The predicted molar refractivity (Wildman–Crippen MR) is 139 cm³/mol. The zero-order valence-electron chi connectivity index (χ0n) is 21.3. The van der Waals surface area contributed by atoms with Gasteiger partial charge in [0.1, 0.15) is 17.7 Å². The van der Waals surface area contributed by atoms with Gasteiger partial charge in [-0.2, -0.15) is 4.98 Å². The Morgan fingerprint density at radius 1 is 1.11 bits per heavy atom. The van der Waals surface area contributed by atoms with Crippen LogP contribution in [0.25, 0.3) is 0 Å². The number of nitrogens with zero attached hydrogens (tertiary/aromatic N) is 4. The van der Waals surface area contributed by atoms with Gasteiger partial charge in [0.05, 0.1) is 12.8 Å². The van der Waals surface area contributed by atoms with E-state index in [0.717, 1.165) is 37.1 Å². The molecule has 194 valence electrons. The van der Waals surface area contributed by atoms with Crippen LogP contribution in [0.2, 0.25) is 0 Å². The van der Waals surface area contributed by atoms with Gasteiger partial charge < -0.3 is 30.1 Å². The summed E-state index contributed by atoms with van der Waals surface area (Å²) in [5.74, 6) is 1.58. The number of aromatic nitrogens is 2. The van der Waals surface area contributed by atoms with E-state index in [2.05, 4.69) is 32.5 Å². The highest BCUT2D eigenvalue weighted by Gasteiger charge is 2.29. The number of anilines is 2. The highest BCUT2D eigenvalue weighted by molar-refractivity contribution is 5.95. The molecule has 2 aromatic carbocycles. The van der Waals surface area contributed by atoms with Gasteiger partial charge >= 0.3 is 0 Å². The predicted octanol–water partition coefficient (Wildman–Crippen LogP) is 3.28. The van der Waals surface area contributed by atoms with Crippen LogP contribution in [0.15, 0.2) is 48.7 Å². The number of carbonyl (C=O) groups is 1.